The first-order chi connectivity index (χ1) is 14.2. The van der Waals surface area contributed by atoms with Crippen LogP contribution in [0.3, 0.4) is 0 Å². The Labute approximate surface area is 168 Å². The van der Waals surface area contributed by atoms with Crippen LogP contribution in [0.1, 0.15) is 11.1 Å². The second-order valence-corrected chi connectivity index (χ2v) is 6.70. The molecule has 0 aliphatic heterocycles. The van der Waals surface area contributed by atoms with Crippen molar-refractivity contribution in [1.82, 2.24) is 0 Å². The van der Waals surface area contributed by atoms with Gasteiger partial charge in [-0.15, -0.1) is 0 Å². The van der Waals surface area contributed by atoms with E-state index in [0.29, 0.717) is 18.8 Å². The first-order valence-corrected chi connectivity index (χ1v) is 9.36. The molecule has 0 atom stereocenters. The monoisotopic (exact) mass is 384 g/mol. The van der Waals surface area contributed by atoms with Gasteiger partial charge in [-0.1, -0.05) is 66.7 Å². The molecule has 0 bridgehead atoms. The lowest BCUT2D eigenvalue weighted by Crippen LogP contribution is -2.05. The Kier molecular flexibility index (Phi) is 5.38. The van der Waals surface area contributed by atoms with E-state index in [1.165, 1.54) is 12.1 Å². The highest BCUT2D eigenvalue weighted by Gasteiger charge is 2.11. The van der Waals surface area contributed by atoms with Crippen LogP contribution in [0, 0.1) is 10.1 Å². The Bertz CT molecular complexity index is 1140. The van der Waals surface area contributed by atoms with Crippen molar-refractivity contribution in [2.75, 3.05) is 5.32 Å². The molecular formula is C24H20N2O3. The maximum Gasteiger partial charge on any atom is 0.271 e. The van der Waals surface area contributed by atoms with Gasteiger partial charge in [-0.2, -0.15) is 0 Å². The SMILES string of the molecule is O=[N+]([O-])c1cccc(NCc2c(OCc3ccccc3)ccc3ccccc23)c1. The van der Waals surface area contributed by atoms with Crippen LogP contribution >= 0.6 is 0 Å². The van der Waals surface area contributed by atoms with Gasteiger partial charge in [0.1, 0.15) is 12.4 Å². The molecule has 4 aromatic rings. The van der Waals surface area contributed by atoms with E-state index < -0.39 is 4.92 Å². The lowest BCUT2D eigenvalue weighted by atomic mass is 10.0. The van der Waals surface area contributed by atoms with E-state index >= 15 is 0 Å². The average molecular weight is 384 g/mol. The van der Waals surface area contributed by atoms with Crippen molar-refractivity contribution in [2.45, 2.75) is 13.2 Å². The molecule has 0 radical (unpaired) electrons. The number of non-ortho nitro benzene ring substituents is 1. The van der Waals surface area contributed by atoms with Gasteiger partial charge < -0.3 is 10.1 Å². The molecule has 5 nitrogen and oxygen atoms in total. The summed E-state index contributed by atoms with van der Waals surface area (Å²) in [7, 11) is 0. The highest BCUT2D eigenvalue weighted by Crippen LogP contribution is 2.30. The summed E-state index contributed by atoms with van der Waals surface area (Å²) >= 11 is 0. The van der Waals surface area contributed by atoms with Gasteiger partial charge in [-0.05, 0) is 28.5 Å². The Morgan fingerprint density at radius 2 is 1.66 bits per heavy atom. The number of nitrogens with one attached hydrogen (secondary N) is 1. The molecule has 0 amide bonds. The van der Waals surface area contributed by atoms with Crippen molar-refractivity contribution in [2.24, 2.45) is 0 Å². The fraction of sp³-hybridized carbons (Fsp3) is 0.0833. The topological polar surface area (TPSA) is 64.4 Å². The smallest absolute Gasteiger partial charge is 0.271 e. The van der Waals surface area contributed by atoms with Gasteiger partial charge in [0.2, 0.25) is 0 Å². The summed E-state index contributed by atoms with van der Waals surface area (Å²) in [5.74, 6) is 0.797. The quantitative estimate of drug-likeness (QED) is 0.316. The molecule has 0 aliphatic carbocycles. The number of nitrogens with zero attached hydrogens (tertiary/aromatic N) is 1. The van der Waals surface area contributed by atoms with Crippen molar-refractivity contribution < 1.29 is 9.66 Å². The number of hydrogen-bond acceptors (Lipinski definition) is 4. The third-order valence-electron chi connectivity index (χ3n) is 4.76. The average Bonchev–Trinajstić information content (AvgIpc) is 2.77. The molecule has 5 heteroatoms. The fourth-order valence-corrected chi connectivity index (χ4v) is 3.29. The van der Waals surface area contributed by atoms with E-state index in [-0.39, 0.29) is 5.69 Å². The number of hydrogen-bond donors (Lipinski definition) is 1. The third kappa shape index (κ3) is 4.35. The highest BCUT2D eigenvalue weighted by atomic mass is 16.6. The van der Waals surface area contributed by atoms with Crippen LogP contribution < -0.4 is 10.1 Å². The van der Waals surface area contributed by atoms with Gasteiger partial charge in [0.15, 0.2) is 0 Å². The lowest BCUT2D eigenvalue weighted by Gasteiger charge is -2.16. The number of rotatable bonds is 7. The minimum Gasteiger partial charge on any atom is -0.489 e. The largest absolute Gasteiger partial charge is 0.489 e. The number of fused-ring (bicyclic) bond motifs is 1. The van der Waals surface area contributed by atoms with Gasteiger partial charge in [-0.3, -0.25) is 10.1 Å². The molecule has 4 aromatic carbocycles. The van der Waals surface area contributed by atoms with Crippen LogP contribution in [0.2, 0.25) is 0 Å². The number of nitro benzene ring substituents is 1. The van der Waals surface area contributed by atoms with E-state index in [0.717, 1.165) is 27.6 Å². The van der Waals surface area contributed by atoms with Crippen molar-refractivity contribution in [3.05, 3.63) is 112 Å². The molecule has 0 aromatic heterocycles. The Morgan fingerprint density at radius 1 is 0.862 bits per heavy atom. The van der Waals surface area contributed by atoms with E-state index in [2.05, 4.69) is 17.4 Å². The zero-order chi connectivity index (χ0) is 20.1. The van der Waals surface area contributed by atoms with Gasteiger partial charge in [0.25, 0.3) is 5.69 Å². The molecule has 0 aliphatic rings. The lowest BCUT2D eigenvalue weighted by molar-refractivity contribution is -0.384. The van der Waals surface area contributed by atoms with Gasteiger partial charge >= 0.3 is 0 Å². The minimum absolute atomic E-state index is 0.0634. The van der Waals surface area contributed by atoms with Gasteiger partial charge in [0, 0.05) is 29.9 Å². The zero-order valence-corrected chi connectivity index (χ0v) is 15.7. The summed E-state index contributed by atoms with van der Waals surface area (Å²) in [6, 6.07) is 28.7. The van der Waals surface area contributed by atoms with Crippen molar-refractivity contribution in [1.29, 1.82) is 0 Å². The zero-order valence-electron chi connectivity index (χ0n) is 15.7. The Balaban J connectivity index is 1.62. The number of anilines is 1. The predicted molar refractivity (Wildman–Crippen MR) is 115 cm³/mol. The van der Waals surface area contributed by atoms with Crippen LogP contribution in [0.15, 0.2) is 91.0 Å². The van der Waals surface area contributed by atoms with Crippen LogP contribution in [0.5, 0.6) is 5.75 Å². The number of benzene rings is 4. The molecular weight excluding hydrogens is 364 g/mol. The molecule has 29 heavy (non-hydrogen) atoms. The van der Waals surface area contributed by atoms with E-state index in [4.69, 9.17) is 4.74 Å². The second-order valence-electron chi connectivity index (χ2n) is 6.70. The van der Waals surface area contributed by atoms with Crippen LogP contribution in [-0.4, -0.2) is 4.92 Å². The summed E-state index contributed by atoms with van der Waals surface area (Å²) in [5.41, 5.74) is 2.87. The first-order valence-electron chi connectivity index (χ1n) is 9.36. The normalized spacial score (nSPS) is 10.6. The van der Waals surface area contributed by atoms with E-state index in [1.54, 1.807) is 6.07 Å². The maximum atomic E-state index is 11.0. The molecule has 0 heterocycles. The summed E-state index contributed by atoms with van der Waals surface area (Å²) in [5, 5.41) is 16.6. The second kappa shape index (κ2) is 8.44. The predicted octanol–water partition coefficient (Wildman–Crippen LogP) is 5.94. The molecule has 0 spiro atoms. The summed E-state index contributed by atoms with van der Waals surface area (Å²) < 4.78 is 6.13. The van der Waals surface area contributed by atoms with Crippen LogP contribution in [-0.2, 0) is 13.2 Å². The van der Waals surface area contributed by atoms with E-state index in [1.807, 2.05) is 60.7 Å². The summed E-state index contributed by atoms with van der Waals surface area (Å²) in [6.45, 7) is 0.968. The van der Waals surface area contributed by atoms with Crippen molar-refractivity contribution >= 4 is 22.1 Å². The molecule has 0 saturated heterocycles. The molecule has 1 N–H and O–H groups in total. The summed E-state index contributed by atoms with van der Waals surface area (Å²) in [4.78, 5) is 10.6. The standard InChI is InChI=1S/C24H20N2O3/c27-26(28)21-11-6-10-20(15-21)25-16-23-22-12-5-4-9-19(22)13-14-24(23)29-17-18-7-2-1-3-8-18/h1-15,25H,16-17H2. The van der Waals surface area contributed by atoms with Crippen molar-refractivity contribution in [3.8, 4) is 5.75 Å². The van der Waals surface area contributed by atoms with Gasteiger partial charge in [0.05, 0.1) is 4.92 Å². The molecule has 4 rings (SSSR count). The minimum atomic E-state index is -0.391. The van der Waals surface area contributed by atoms with Gasteiger partial charge in [-0.25, -0.2) is 0 Å². The van der Waals surface area contributed by atoms with Crippen LogP contribution in [0.25, 0.3) is 10.8 Å². The molecule has 144 valence electrons. The van der Waals surface area contributed by atoms with Crippen molar-refractivity contribution in [3.63, 3.8) is 0 Å². The molecule has 0 fully saturated rings. The third-order valence-corrected chi connectivity index (χ3v) is 4.76. The summed E-state index contributed by atoms with van der Waals surface area (Å²) in [6.07, 6.45) is 0. The first kappa shape index (κ1) is 18.5. The number of ether oxygens (including phenoxy) is 1. The molecule has 0 saturated carbocycles. The maximum absolute atomic E-state index is 11.0. The van der Waals surface area contributed by atoms with Crippen LogP contribution in [0.4, 0.5) is 11.4 Å². The Morgan fingerprint density at radius 3 is 2.48 bits per heavy atom. The fourth-order valence-electron chi connectivity index (χ4n) is 3.29. The Hall–Kier alpha value is -3.86. The highest BCUT2D eigenvalue weighted by molar-refractivity contribution is 5.88. The number of nitro groups is 1. The molecule has 0 unspecified atom stereocenters. The van der Waals surface area contributed by atoms with E-state index in [9.17, 15) is 10.1 Å².